The second-order valence-electron chi connectivity index (χ2n) is 8.02. The van der Waals surface area contributed by atoms with E-state index in [1.54, 1.807) is 0 Å². The van der Waals surface area contributed by atoms with E-state index in [0.29, 0.717) is 24.8 Å². The topological polar surface area (TPSA) is 57.8 Å². The van der Waals surface area contributed by atoms with Gasteiger partial charge in [-0.3, -0.25) is 4.79 Å². The minimum Gasteiger partial charge on any atom is -0.461 e. The van der Waals surface area contributed by atoms with Crippen LogP contribution in [0.5, 0.6) is 0 Å². The van der Waals surface area contributed by atoms with Crippen LogP contribution in [0.1, 0.15) is 66.8 Å². The Labute approximate surface area is 226 Å². The van der Waals surface area contributed by atoms with Crippen LogP contribution in [0.3, 0.4) is 0 Å². The van der Waals surface area contributed by atoms with Crippen molar-refractivity contribution >= 4 is 66.4 Å². The van der Waals surface area contributed by atoms with Crippen molar-refractivity contribution in [1.82, 2.24) is 0 Å². The van der Waals surface area contributed by atoms with Crippen molar-refractivity contribution in [3.8, 4) is 0 Å². The Morgan fingerprint density at radius 2 is 1.00 bits per heavy atom. The van der Waals surface area contributed by atoms with Crippen LogP contribution < -0.4 is 0 Å². The summed E-state index contributed by atoms with van der Waals surface area (Å²) < 4.78 is 5.10. The first-order valence-electron chi connectivity index (χ1n) is 10.1. The smallest absolute Gasteiger partial charge is 0.310 e. The molecule has 32 heavy (non-hydrogen) atoms. The highest BCUT2D eigenvalue weighted by atomic mass is 128. The fourth-order valence-electron chi connectivity index (χ4n) is 4.08. The molecule has 3 rings (SSSR count). The Hall–Kier alpha value is -0.0900. The summed E-state index contributed by atoms with van der Waals surface area (Å²) in [6.45, 7) is 17.4. The molecule has 0 atom stereocenters. The van der Waals surface area contributed by atoms with Crippen molar-refractivity contribution in [3.63, 3.8) is 0 Å². The van der Waals surface area contributed by atoms with Gasteiger partial charge in [-0.05, 0) is 122 Å². The molecule has 1 aliphatic rings. The summed E-state index contributed by atoms with van der Waals surface area (Å²) in [5.41, 5.74) is 15.2. The monoisotopic (exact) mass is 706 g/mol. The second kappa shape index (κ2) is 14.3. The van der Waals surface area contributed by atoms with Crippen LogP contribution in [0.25, 0.3) is 0 Å². The lowest BCUT2D eigenvalue weighted by molar-refractivity contribution is -0.145. The molecule has 0 bridgehead atoms. The van der Waals surface area contributed by atoms with Crippen LogP contribution in [-0.4, -0.2) is 11.4 Å². The zero-order valence-electron chi connectivity index (χ0n) is 20.2. The van der Waals surface area contributed by atoms with Gasteiger partial charge in [-0.25, -0.2) is 0 Å². The molecule has 0 aromatic heterocycles. The number of carbonyl (C=O) groups excluding carboxylic acids is 1. The van der Waals surface area contributed by atoms with E-state index in [2.05, 4.69) is 92.6 Å². The number of ether oxygens (including phenoxy) is 1. The SMILES string of the molecule is Cc1c(C)c(C)c(CCl)c(CCl)c1C.Cc1c(C)c(C)c2c(c1C)COC(=O)C2.II.O. The minimum atomic E-state index is -0.103. The normalized spacial score (nSPS) is 11.8. The number of rotatable bonds is 2. The maximum absolute atomic E-state index is 11.3. The number of hydrogen-bond acceptors (Lipinski definition) is 2. The zero-order valence-corrected chi connectivity index (χ0v) is 26.0. The van der Waals surface area contributed by atoms with E-state index >= 15 is 0 Å². The molecule has 0 spiro atoms. The van der Waals surface area contributed by atoms with Gasteiger partial charge in [0, 0.05) is 49.0 Å². The van der Waals surface area contributed by atoms with E-state index < -0.39 is 0 Å². The van der Waals surface area contributed by atoms with Crippen molar-refractivity contribution < 1.29 is 15.0 Å². The fourth-order valence-corrected chi connectivity index (χ4v) is 4.80. The summed E-state index contributed by atoms with van der Waals surface area (Å²) in [7, 11) is 0. The molecule has 0 unspecified atom stereocenters. The molecule has 2 aromatic rings. The van der Waals surface area contributed by atoms with Crippen LogP contribution in [-0.2, 0) is 34.3 Å². The van der Waals surface area contributed by atoms with E-state index in [0.717, 1.165) is 0 Å². The summed E-state index contributed by atoms with van der Waals surface area (Å²) >= 11 is 16.1. The largest absolute Gasteiger partial charge is 0.461 e. The number of esters is 1. The van der Waals surface area contributed by atoms with Crippen LogP contribution in [0.2, 0.25) is 0 Å². The molecule has 0 saturated carbocycles. The Kier molecular flexibility index (Phi) is 14.3. The molecule has 7 heteroatoms. The van der Waals surface area contributed by atoms with E-state index in [1.807, 2.05) is 0 Å². The van der Waals surface area contributed by atoms with Gasteiger partial charge < -0.3 is 10.2 Å². The number of benzene rings is 2. The van der Waals surface area contributed by atoms with Gasteiger partial charge in [0.05, 0.1) is 6.42 Å². The Bertz CT molecular complexity index is 938. The second-order valence-corrected chi connectivity index (χ2v) is 8.55. The van der Waals surface area contributed by atoms with Crippen molar-refractivity contribution in [2.45, 2.75) is 80.2 Å². The molecule has 3 nitrogen and oxygen atoms in total. The first kappa shape index (κ1) is 31.9. The maximum Gasteiger partial charge on any atom is 0.310 e. The third-order valence-corrected chi connectivity index (χ3v) is 7.41. The summed E-state index contributed by atoms with van der Waals surface area (Å²) in [5.74, 6) is 0.999. The van der Waals surface area contributed by atoms with E-state index in [4.69, 9.17) is 27.9 Å². The van der Waals surface area contributed by atoms with E-state index in [-0.39, 0.29) is 11.4 Å². The van der Waals surface area contributed by atoms with Gasteiger partial charge in [0.1, 0.15) is 6.61 Å². The summed E-state index contributed by atoms with van der Waals surface area (Å²) in [5, 5.41) is 0. The van der Waals surface area contributed by atoms with Gasteiger partial charge in [-0.15, -0.1) is 23.2 Å². The Balaban J connectivity index is 0.000000543. The highest BCUT2D eigenvalue weighted by molar-refractivity contribution is 15.0. The van der Waals surface area contributed by atoms with Gasteiger partial charge in [-0.2, -0.15) is 0 Å². The number of alkyl halides is 2. The lowest BCUT2D eigenvalue weighted by Gasteiger charge is -2.23. The predicted octanol–water partition coefficient (Wildman–Crippen LogP) is 7.86. The van der Waals surface area contributed by atoms with E-state index in [1.165, 1.54) is 66.8 Å². The summed E-state index contributed by atoms with van der Waals surface area (Å²) in [4.78, 5) is 11.3. The van der Waals surface area contributed by atoms with Crippen LogP contribution in [0, 0.1) is 55.4 Å². The van der Waals surface area contributed by atoms with Crippen molar-refractivity contribution in [1.29, 1.82) is 0 Å². The molecule has 180 valence electrons. The number of fused-ring (bicyclic) bond motifs is 1. The molecule has 0 amide bonds. The first-order valence-corrected chi connectivity index (χ1v) is 17.5. The molecule has 2 aromatic carbocycles. The molecule has 2 N–H and O–H groups in total. The number of carbonyl (C=O) groups is 1. The number of cyclic esters (lactones) is 1. The lowest BCUT2D eigenvalue weighted by Crippen LogP contribution is -2.20. The standard InChI is InChI=1S/C13H16O2.C12H16Cl2.I2.H2O/c1-7-8(2)10(4)12-6-15-13(14)5-11(12)9(7)3;1-7-8(2)10(4)12(6-14)11(5-13)9(7)3;1-2;/h5-6H2,1-4H3;5-6H2,1-4H3;;1H2. The Morgan fingerprint density at radius 1 is 0.656 bits per heavy atom. The van der Waals surface area contributed by atoms with E-state index in [9.17, 15) is 4.79 Å². The molecular weight excluding hydrogens is 673 g/mol. The molecule has 0 aliphatic carbocycles. The van der Waals surface area contributed by atoms with Gasteiger partial charge >= 0.3 is 5.97 Å². The fraction of sp³-hybridized carbons (Fsp3) is 0.480. The van der Waals surface area contributed by atoms with Crippen molar-refractivity contribution in [2.24, 2.45) is 0 Å². The summed E-state index contributed by atoms with van der Waals surface area (Å²) in [6.07, 6.45) is 0.434. The molecule has 1 heterocycles. The highest BCUT2D eigenvalue weighted by Gasteiger charge is 2.22. The van der Waals surface area contributed by atoms with Gasteiger partial charge in [0.25, 0.3) is 0 Å². The molecule has 0 radical (unpaired) electrons. The number of hydrogen-bond donors (Lipinski definition) is 0. The average Bonchev–Trinajstić information content (AvgIpc) is 2.78. The zero-order chi connectivity index (χ0) is 24.0. The molecular formula is C25H34Cl2I2O3. The first-order chi connectivity index (χ1) is 14.6. The summed E-state index contributed by atoms with van der Waals surface area (Å²) in [6, 6.07) is 0. The van der Waals surface area contributed by atoms with Crippen LogP contribution in [0.4, 0.5) is 0 Å². The van der Waals surface area contributed by atoms with Gasteiger partial charge in [0.2, 0.25) is 0 Å². The predicted molar refractivity (Wildman–Crippen MR) is 155 cm³/mol. The molecule has 0 saturated heterocycles. The maximum atomic E-state index is 11.3. The quantitative estimate of drug-likeness (QED) is 0.181. The Morgan fingerprint density at radius 3 is 1.38 bits per heavy atom. The average molecular weight is 707 g/mol. The minimum absolute atomic E-state index is 0. The highest BCUT2D eigenvalue weighted by Crippen LogP contribution is 2.30. The van der Waals surface area contributed by atoms with Crippen molar-refractivity contribution in [3.05, 3.63) is 66.8 Å². The van der Waals surface area contributed by atoms with Gasteiger partial charge in [-0.1, -0.05) is 0 Å². The molecule has 1 aliphatic heterocycles. The van der Waals surface area contributed by atoms with Crippen molar-refractivity contribution in [2.75, 3.05) is 0 Å². The third-order valence-electron chi connectivity index (χ3n) is 6.88. The number of halogens is 4. The third kappa shape index (κ3) is 6.74. The van der Waals surface area contributed by atoms with Crippen LogP contribution in [0.15, 0.2) is 0 Å². The molecule has 0 fully saturated rings. The van der Waals surface area contributed by atoms with Crippen LogP contribution >= 0.6 is 60.4 Å². The van der Waals surface area contributed by atoms with Gasteiger partial charge in [0.15, 0.2) is 0 Å². The lowest BCUT2D eigenvalue weighted by atomic mass is 9.87.